The third-order valence-electron chi connectivity index (χ3n) is 1.51. The summed E-state index contributed by atoms with van der Waals surface area (Å²) in [6.07, 6.45) is 1.50. The van der Waals surface area contributed by atoms with Crippen LogP contribution in [0.5, 0.6) is 5.88 Å². The van der Waals surface area contributed by atoms with Crippen molar-refractivity contribution in [2.45, 2.75) is 0 Å². The Labute approximate surface area is 68.0 Å². The third kappa shape index (κ3) is 0.849. The molecule has 0 saturated carbocycles. The second-order valence-corrected chi connectivity index (χ2v) is 2.22. The van der Waals surface area contributed by atoms with Crippen LogP contribution in [-0.4, -0.2) is 26.7 Å². The second-order valence-electron chi connectivity index (χ2n) is 2.22. The Kier molecular flexibility index (Phi) is 1.33. The van der Waals surface area contributed by atoms with Gasteiger partial charge in [0.2, 0.25) is 11.8 Å². The highest BCUT2D eigenvalue weighted by molar-refractivity contribution is 5.45. The average molecular weight is 165 g/mol. The van der Waals surface area contributed by atoms with Crippen molar-refractivity contribution < 1.29 is 4.74 Å². The molecule has 0 aliphatic heterocycles. The lowest BCUT2D eigenvalue weighted by atomic mass is 10.6. The normalized spacial score (nSPS) is 10.4. The highest BCUT2D eigenvalue weighted by Crippen LogP contribution is 2.11. The van der Waals surface area contributed by atoms with Crippen molar-refractivity contribution in [1.82, 2.24) is 19.6 Å². The van der Waals surface area contributed by atoms with Gasteiger partial charge in [0.15, 0.2) is 5.65 Å². The van der Waals surface area contributed by atoms with Gasteiger partial charge in [-0.05, 0) is 0 Å². The Morgan fingerprint density at radius 2 is 2.42 bits per heavy atom. The van der Waals surface area contributed by atoms with Crippen LogP contribution in [0.4, 0.5) is 5.95 Å². The first-order valence-electron chi connectivity index (χ1n) is 3.31. The van der Waals surface area contributed by atoms with Gasteiger partial charge >= 0.3 is 0 Å². The first kappa shape index (κ1) is 6.84. The summed E-state index contributed by atoms with van der Waals surface area (Å²) in [7, 11) is 1.52. The number of anilines is 1. The summed E-state index contributed by atoms with van der Waals surface area (Å²) in [5.74, 6) is 0.752. The first-order valence-corrected chi connectivity index (χ1v) is 3.31. The second kappa shape index (κ2) is 2.33. The van der Waals surface area contributed by atoms with Gasteiger partial charge in [-0.15, -0.1) is 10.2 Å². The van der Waals surface area contributed by atoms with Gasteiger partial charge in [0.1, 0.15) is 6.33 Å². The molecule has 2 N–H and O–H groups in total. The van der Waals surface area contributed by atoms with Crippen molar-refractivity contribution in [3.05, 3.63) is 12.4 Å². The van der Waals surface area contributed by atoms with E-state index in [-0.39, 0.29) is 0 Å². The molecule has 0 saturated heterocycles. The quantitative estimate of drug-likeness (QED) is 0.628. The Bertz CT molecular complexity index is 409. The molecule has 12 heavy (non-hydrogen) atoms. The predicted molar refractivity (Wildman–Crippen MR) is 41.7 cm³/mol. The van der Waals surface area contributed by atoms with Crippen LogP contribution in [-0.2, 0) is 0 Å². The zero-order valence-electron chi connectivity index (χ0n) is 6.43. The van der Waals surface area contributed by atoms with Gasteiger partial charge in [-0.1, -0.05) is 0 Å². The molecule has 0 fully saturated rings. The molecule has 62 valence electrons. The third-order valence-corrected chi connectivity index (χ3v) is 1.51. The molecule has 0 amide bonds. The molecule has 6 heteroatoms. The van der Waals surface area contributed by atoms with Crippen molar-refractivity contribution in [2.75, 3.05) is 12.8 Å². The summed E-state index contributed by atoms with van der Waals surface area (Å²) in [6, 6.07) is 1.66. The predicted octanol–water partition coefficient (Wildman–Crippen LogP) is -0.285. The number of ether oxygens (including phenoxy) is 1. The topological polar surface area (TPSA) is 78.3 Å². The molecule has 2 aromatic rings. The summed E-state index contributed by atoms with van der Waals surface area (Å²) in [5, 5.41) is 7.48. The van der Waals surface area contributed by atoms with Crippen molar-refractivity contribution in [3.63, 3.8) is 0 Å². The Morgan fingerprint density at radius 1 is 1.58 bits per heavy atom. The fourth-order valence-corrected chi connectivity index (χ4v) is 0.933. The molecule has 0 bridgehead atoms. The number of nitrogens with zero attached hydrogens (tertiary/aromatic N) is 4. The van der Waals surface area contributed by atoms with E-state index in [1.807, 2.05) is 0 Å². The van der Waals surface area contributed by atoms with Crippen molar-refractivity contribution in [1.29, 1.82) is 0 Å². The van der Waals surface area contributed by atoms with Gasteiger partial charge in [0, 0.05) is 6.07 Å². The molecular formula is C6H7N5O. The lowest BCUT2D eigenvalue weighted by Crippen LogP contribution is -2.01. The van der Waals surface area contributed by atoms with Crippen LogP contribution in [0.1, 0.15) is 0 Å². The van der Waals surface area contributed by atoms with Gasteiger partial charge in [-0.3, -0.25) is 4.40 Å². The standard InChI is InChI=1S/C6H7N5O/c1-12-5-2-4-10-8-3-11(4)6(7)9-5/h2-3H,1H3,(H2,7,9). The maximum Gasteiger partial charge on any atom is 0.220 e. The summed E-state index contributed by atoms with van der Waals surface area (Å²) < 4.78 is 6.47. The molecule has 0 aliphatic carbocycles. The van der Waals surface area contributed by atoms with Crippen molar-refractivity contribution in [3.8, 4) is 5.88 Å². The number of hydrogen-bond acceptors (Lipinski definition) is 5. The van der Waals surface area contributed by atoms with E-state index < -0.39 is 0 Å². The molecule has 0 aliphatic rings. The number of hydrogen-bond donors (Lipinski definition) is 1. The molecule has 2 rings (SSSR count). The fraction of sp³-hybridized carbons (Fsp3) is 0.167. The van der Waals surface area contributed by atoms with E-state index in [1.165, 1.54) is 13.4 Å². The number of aromatic nitrogens is 4. The summed E-state index contributed by atoms with van der Waals surface area (Å²) in [4.78, 5) is 3.93. The van der Waals surface area contributed by atoms with Crippen LogP contribution in [0, 0.1) is 0 Å². The summed E-state index contributed by atoms with van der Waals surface area (Å²) >= 11 is 0. The lowest BCUT2D eigenvalue weighted by molar-refractivity contribution is 0.398. The molecule has 0 radical (unpaired) electrons. The van der Waals surface area contributed by atoms with E-state index in [1.54, 1.807) is 10.5 Å². The van der Waals surface area contributed by atoms with E-state index in [4.69, 9.17) is 10.5 Å². The molecule has 0 spiro atoms. The van der Waals surface area contributed by atoms with Gasteiger partial charge in [0.25, 0.3) is 0 Å². The maximum absolute atomic E-state index is 5.57. The zero-order chi connectivity index (χ0) is 8.55. The highest BCUT2D eigenvalue weighted by Gasteiger charge is 2.02. The Morgan fingerprint density at radius 3 is 3.17 bits per heavy atom. The minimum absolute atomic E-state index is 0.314. The molecule has 2 heterocycles. The number of rotatable bonds is 1. The number of nitrogen functional groups attached to an aromatic ring is 1. The van der Waals surface area contributed by atoms with Gasteiger partial charge < -0.3 is 10.5 Å². The Hall–Kier alpha value is -1.85. The number of fused-ring (bicyclic) bond motifs is 1. The van der Waals surface area contributed by atoms with E-state index in [2.05, 4.69) is 15.2 Å². The molecule has 6 nitrogen and oxygen atoms in total. The zero-order valence-corrected chi connectivity index (χ0v) is 6.43. The Balaban J connectivity index is 2.75. The van der Waals surface area contributed by atoms with E-state index in [0.717, 1.165) is 0 Å². The van der Waals surface area contributed by atoms with Gasteiger partial charge in [-0.2, -0.15) is 4.98 Å². The van der Waals surface area contributed by atoms with Gasteiger partial charge in [-0.25, -0.2) is 0 Å². The minimum Gasteiger partial charge on any atom is -0.481 e. The first-order chi connectivity index (χ1) is 5.81. The SMILES string of the molecule is COc1cc2nncn2c(N)n1. The molecule has 0 unspecified atom stereocenters. The van der Waals surface area contributed by atoms with Crippen molar-refractivity contribution in [2.24, 2.45) is 0 Å². The maximum atomic E-state index is 5.57. The van der Waals surface area contributed by atoms with Crippen LogP contribution in [0.25, 0.3) is 5.65 Å². The highest BCUT2D eigenvalue weighted by atomic mass is 16.5. The fourth-order valence-electron chi connectivity index (χ4n) is 0.933. The average Bonchev–Trinajstić information content (AvgIpc) is 2.52. The van der Waals surface area contributed by atoms with E-state index in [9.17, 15) is 0 Å². The smallest absolute Gasteiger partial charge is 0.220 e. The van der Waals surface area contributed by atoms with Gasteiger partial charge in [0.05, 0.1) is 7.11 Å². The largest absolute Gasteiger partial charge is 0.481 e. The molecular weight excluding hydrogens is 158 g/mol. The van der Waals surface area contributed by atoms with E-state index >= 15 is 0 Å². The molecule has 0 atom stereocenters. The van der Waals surface area contributed by atoms with Crippen LogP contribution in [0.3, 0.4) is 0 Å². The summed E-state index contributed by atoms with van der Waals surface area (Å²) in [5.41, 5.74) is 6.19. The van der Waals surface area contributed by atoms with Crippen LogP contribution < -0.4 is 10.5 Å². The number of methoxy groups -OCH3 is 1. The van der Waals surface area contributed by atoms with Crippen LogP contribution in [0.15, 0.2) is 12.4 Å². The lowest BCUT2D eigenvalue weighted by Gasteiger charge is -2.00. The summed E-state index contributed by atoms with van der Waals surface area (Å²) in [6.45, 7) is 0. The van der Waals surface area contributed by atoms with Crippen LogP contribution in [0.2, 0.25) is 0 Å². The van der Waals surface area contributed by atoms with E-state index in [0.29, 0.717) is 17.5 Å². The van der Waals surface area contributed by atoms with Crippen LogP contribution >= 0.6 is 0 Å². The molecule has 2 aromatic heterocycles. The molecule has 0 aromatic carbocycles. The monoisotopic (exact) mass is 165 g/mol. The van der Waals surface area contributed by atoms with Crippen molar-refractivity contribution >= 4 is 11.6 Å². The minimum atomic E-state index is 0.314. The number of nitrogens with two attached hydrogens (primary N) is 1.